The number of carbonyl (C=O) groups excluding carboxylic acids is 2. The number of amides is 2. The van der Waals surface area contributed by atoms with Crippen molar-refractivity contribution in [2.75, 3.05) is 27.2 Å². The summed E-state index contributed by atoms with van der Waals surface area (Å²) in [5, 5.41) is 17.8. The molecule has 2 rings (SSSR count). The largest absolute Gasteiger partial charge is 0.477 e. The summed E-state index contributed by atoms with van der Waals surface area (Å²) in [6.45, 7) is -0.00748. The molecule has 0 atom stereocenters. The average Bonchev–Trinajstić information content (AvgIpc) is 2.84. The van der Waals surface area contributed by atoms with E-state index in [1.807, 2.05) is 0 Å². The van der Waals surface area contributed by atoms with Crippen molar-refractivity contribution in [2.24, 2.45) is 11.5 Å². The minimum absolute atomic E-state index is 0.204. The Morgan fingerprint density at radius 2 is 1.03 bits per heavy atom. The number of likely N-dealkylation sites (N-methyl/N-ethyl adjacent to an activating group) is 2. The average molecular weight is 499 g/mol. The van der Waals surface area contributed by atoms with Crippen LogP contribution < -0.4 is 20.6 Å². The Kier molecular flexibility index (Phi) is 9.66. The first-order chi connectivity index (χ1) is 17.1. The van der Waals surface area contributed by atoms with Crippen LogP contribution in [0.3, 0.4) is 0 Å². The molecular formula is C24H30N6O6+2. The maximum absolute atomic E-state index is 12.9. The smallest absolute Gasteiger partial charge is 0.370 e. The minimum Gasteiger partial charge on any atom is -0.477 e. The van der Waals surface area contributed by atoms with E-state index in [0.29, 0.717) is 11.1 Å². The molecule has 0 unspecified atom stereocenters. The molecule has 0 radical (unpaired) electrons. The van der Waals surface area contributed by atoms with E-state index in [2.05, 4.69) is 0 Å². The van der Waals surface area contributed by atoms with Gasteiger partial charge in [-0.05, 0) is 0 Å². The molecule has 2 aromatic heterocycles. The molecule has 190 valence electrons. The van der Waals surface area contributed by atoms with Crippen molar-refractivity contribution >= 4 is 34.9 Å². The summed E-state index contributed by atoms with van der Waals surface area (Å²) < 4.78 is 2.91. The van der Waals surface area contributed by atoms with Crippen molar-refractivity contribution in [1.82, 2.24) is 9.80 Å². The first-order valence-corrected chi connectivity index (χ1v) is 10.8. The monoisotopic (exact) mass is 498 g/mol. The van der Waals surface area contributed by atoms with Gasteiger partial charge in [0, 0.05) is 75.0 Å². The zero-order valence-corrected chi connectivity index (χ0v) is 20.1. The van der Waals surface area contributed by atoms with Gasteiger partial charge < -0.3 is 31.5 Å². The Balaban J connectivity index is 2.01. The fraction of sp³-hybridized carbons (Fsp3) is 0.250. The van der Waals surface area contributed by atoms with Crippen LogP contribution >= 0.6 is 0 Å². The third-order valence-corrected chi connectivity index (χ3v) is 5.30. The lowest BCUT2D eigenvalue weighted by Gasteiger charge is -2.24. The molecule has 0 saturated carbocycles. The van der Waals surface area contributed by atoms with Gasteiger partial charge in [-0.3, -0.25) is 9.59 Å². The maximum atomic E-state index is 12.9. The molecule has 0 aliphatic carbocycles. The van der Waals surface area contributed by atoms with Gasteiger partial charge in [0.25, 0.3) is 11.8 Å². The van der Waals surface area contributed by atoms with Crippen molar-refractivity contribution < 1.29 is 38.5 Å². The predicted molar refractivity (Wildman–Crippen MR) is 128 cm³/mol. The molecule has 2 aromatic rings. The molecule has 0 fully saturated rings. The highest BCUT2D eigenvalue weighted by molar-refractivity contribution is 6.20. The number of hydrogen-bond donors (Lipinski definition) is 4. The highest BCUT2D eigenvalue weighted by Gasteiger charge is 2.21. The van der Waals surface area contributed by atoms with Crippen molar-refractivity contribution in [3.8, 4) is 0 Å². The van der Waals surface area contributed by atoms with Gasteiger partial charge in [0.15, 0.2) is 24.8 Å². The molecular weight excluding hydrogens is 468 g/mol. The van der Waals surface area contributed by atoms with E-state index in [-0.39, 0.29) is 49.1 Å². The van der Waals surface area contributed by atoms with Crippen LogP contribution in [0.1, 0.15) is 11.1 Å². The Hall–Kier alpha value is -4.74. The van der Waals surface area contributed by atoms with E-state index in [0.717, 1.165) is 0 Å². The van der Waals surface area contributed by atoms with E-state index in [9.17, 15) is 19.2 Å². The minimum atomic E-state index is -0.987. The Morgan fingerprint density at radius 3 is 1.28 bits per heavy atom. The molecule has 0 saturated heterocycles. The molecule has 12 heteroatoms. The second-order valence-electron chi connectivity index (χ2n) is 7.92. The molecule has 2 amide bonds. The summed E-state index contributed by atoms with van der Waals surface area (Å²) in [7, 11) is 3.16. The lowest BCUT2D eigenvalue weighted by atomic mass is 10.1. The van der Waals surface area contributed by atoms with E-state index < -0.39 is 11.9 Å². The van der Waals surface area contributed by atoms with Crippen LogP contribution in [-0.4, -0.2) is 71.0 Å². The summed E-state index contributed by atoms with van der Waals surface area (Å²) in [6.07, 6.45) is 8.54. The van der Waals surface area contributed by atoms with Crippen molar-refractivity contribution in [2.45, 2.75) is 13.1 Å². The van der Waals surface area contributed by atoms with Crippen LogP contribution in [0.15, 0.2) is 61.5 Å². The van der Waals surface area contributed by atoms with Gasteiger partial charge in [-0.1, -0.05) is 0 Å². The number of pyridine rings is 2. The maximum Gasteiger partial charge on any atom is 0.370 e. The number of carbonyl (C=O) groups is 4. The zero-order chi connectivity index (χ0) is 26.8. The van der Waals surface area contributed by atoms with Gasteiger partial charge in [0.1, 0.15) is 0 Å². The first kappa shape index (κ1) is 27.5. The van der Waals surface area contributed by atoms with Crippen LogP contribution in [-0.2, 0) is 32.3 Å². The van der Waals surface area contributed by atoms with Crippen molar-refractivity contribution in [1.29, 1.82) is 0 Å². The number of carboxylic acids is 2. The SMILES string of the molecule is CN(CCN(C)C(=O)/C(=C\N)c1cc[n+](CC(=O)O)cc1)C(=O)/C(=C\N)c1cc[n+](CC(=O)O)cc1. The number of aromatic nitrogens is 2. The molecule has 0 bridgehead atoms. The Labute approximate surface area is 208 Å². The molecule has 36 heavy (non-hydrogen) atoms. The van der Waals surface area contributed by atoms with Gasteiger partial charge in [-0.2, -0.15) is 9.13 Å². The van der Waals surface area contributed by atoms with Crippen LogP contribution in [0, 0.1) is 0 Å². The second kappa shape index (κ2) is 12.6. The van der Waals surface area contributed by atoms with Crippen LogP contribution in [0.25, 0.3) is 11.1 Å². The van der Waals surface area contributed by atoms with Gasteiger partial charge >= 0.3 is 11.9 Å². The van der Waals surface area contributed by atoms with Gasteiger partial charge in [0.05, 0.1) is 11.1 Å². The topological polar surface area (TPSA) is 175 Å². The quantitative estimate of drug-likeness (QED) is 0.217. The zero-order valence-electron chi connectivity index (χ0n) is 20.1. The number of carboxylic acid groups (broad SMARTS) is 2. The molecule has 0 aromatic carbocycles. The summed E-state index contributed by atoms with van der Waals surface area (Å²) in [5.41, 5.74) is 12.9. The number of nitrogens with two attached hydrogens (primary N) is 2. The number of rotatable bonds is 11. The fourth-order valence-corrected chi connectivity index (χ4v) is 3.29. The first-order valence-electron chi connectivity index (χ1n) is 10.8. The molecule has 2 heterocycles. The fourth-order valence-electron chi connectivity index (χ4n) is 3.29. The summed E-state index contributed by atoms with van der Waals surface area (Å²) in [6, 6.07) is 6.39. The highest BCUT2D eigenvalue weighted by Crippen LogP contribution is 2.16. The van der Waals surface area contributed by atoms with Gasteiger partial charge in [0.2, 0.25) is 13.1 Å². The van der Waals surface area contributed by atoms with Crippen LogP contribution in [0.4, 0.5) is 0 Å². The summed E-state index contributed by atoms with van der Waals surface area (Å²) in [4.78, 5) is 50.4. The number of nitrogens with zero attached hydrogens (tertiary/aromatic N) is 4. The lowest BCUT2D eigenvalue weighted by molar-refractivity contribution is -0.685. The van der Waals surface area contributed by atoms with Gasteiger partial charge in [-0.25, -0.2) is 9.59 Å². The van der Waals surface area contributed by atoms with Crippen molar-refractivity contribution in [3.05, 3.63) is 72.6 Å². The normalized spacial score (nSPS) is 11.6. The summed E-state index contributed by atoms with van der Waals surface area (Å²) in [5.74, 6) is -2.71. The van der Waals surface area contributed by atoms with Crippen LogP contribution in [0.5, 0.6) is 0 Å². The van der Waals surface area contributed by atoms with E-state index in [1.165, 1.54) is 31.3 Å². The van der Waals surface area contributed by atoms with Gasteiger partial charge in [-0.15, -0.1) is 0 Å². The third kappa shape index (κ3) is 7.38. The molecule has 0 aliphatic heterocycles. The summed E-state index contributed by atoms with van der Waals surface area (Å²) >= 11 is 0. The second-order valence-corrected chi connectivity index (χ2v) is 7.92. The highest BCUT2D eigenvalue weighted by atomic mass is 16.4. The Morgan fingerprint density at radius 1 is 0.722 bits per heavy atom. The Bertz CT molecular complexity index is 1080. The molecule has 0 spiro atoms. The molecule has 12 nitrogen and oxygen atoms in total. The van der Waals surface area contributed by atoms with Crippen LogP contribution in [0.2, 0.25) is 0 Å². The standard InChI is InChI=1S/C24H28N6O6/c1-27(23(35)19(13-25)17-3-7-29(8-4-17)15-21(31)32)11-12-28(2)24(36)20(14-26)18-5-9-30(10-6-18)16-22(33)34/h3-10,13-14,25-26H,11-12,15-16H2,1-2H3,(H2,31,32,33,34)/p+2. The van der Waals surface area contributed by atoms with E-state index in [4.69, 9.17) is 21.7 Å². The van der Waals surface area contributed by atoms with E-state index in [1.54, 1.807) is 63.1 Å². The van der Waals surface area contributed by atoms with E-state index >= 15 is 0 Å². The number of hydrogen-bond acceptors (Lipinski definition) is 6. The number of aliphatic carboxylic acids is 2. The third-order valence-electron chi connectivity index (χ3n) is 5.30. The predicted octanol–water partition coefficient (Wildman–Crippen LogP) is -1.35. The molecule has 6 N–H and O–H groups in total. The molecule has 0 aliphatic rings. The lowest BCUT2D eigenvalue weighted by Crippen LogP contribution is -2.39. The van der Waals surface area contributed by atoms with Crippen molar-refractivity contribution in [3.63, 3.8) is 0 Å².